The zero-order valence-electron chi connectivity index (χ0n) is 14.1. The average Bonchev–Trinajstić information content (AvgIpc) is 1.99. The first-order valence-electron chi connectivity index (χ1n) is 6.49. The third-order valence-electron chi connectivity index (χ3n) is 0.750. The second-order valence-electron chi connectivity index (χ2n) is 5.78. The molecule has 0 unspecified atom stereocenters. The van der Waals surface area contributed by atoms with E-state index in [1.165, 1.54) is 0 Å². The molecule has 3 nitrogen and oxygen atoms in total. The van der Waals surface area contributed by atoms with Gasteiger partial charge in [-0.1, -0.05) is 0 Å². The summed E-state index contributed by atoms with van der Waals surface area (Å²) in [4.78, 5) is 0. The fraction of sp³-hybridized carbons (Fsp3) is 1.00. The molecule has 0 rings (SSSR count). The number of aliphatic hydroxyl groups excluding tert-OH is 3. The Morgan fingerprint density at radius 2 is 0.722 bits per heavy atom. The van der Waals surface area contributed by atoms with Crippen LogP contribution in [0.3, 0.4) is 0 Å². The molecule has 0 aliphatic rings. The van der Waals surface area contributed by atoms with E-state index in [0.717, 1.165) is 0 Å². The van der Waals surface area contributed by atoms with Crippen molar-refractivity contribution in [1.29, 1.82) is 0 Å². The molecule has 3 N–H and O–H groups in total. The van der Waals surface area contributed by atoms with Gasteiger partial charge in [-0.3, -0.25) is 0 Å². The van der Waals surface area contributed by atoms with Gasteiger partial charge in [0.15, 0.2) is 0 Å². The third kappa shape index (κ3) is 289. The molecule has 18 heavy (non-hydrogen) atoms. The molecule has 0 spiro atoms. The molecular weight excluding hydrogens is 280 g/mol. The fourth-order valence-electron chi connectivity index (χ4n) is 0. The number of aliphatic hydroxyl groups is 3. The molecule has 0 aliphatic carbocycles. The van der Waals surface area contributed by atoms with Crippen molar-refractivity contribution in [2.75, 3.05) is 0 Å². The second kappa shape index (κ2) is 17.8. The van der Waals surface area contributed by atoms with E-state index in [4.69, 9.17) is 15.3 Å². The summed E-state index contributed by atoms with van der Waals surface area (Å²) in [5.41, 5.74) is 0. The Bertz CT molecular complexity index is 112. The summed E-state index contributed by atoms with van der Waals surface area (Å²) in [5.74, 6) is -0.506. The van der Waals surface area contributed by atoms with E-state index in [-0.39, 0.29) is 18.3 Å². The first-order valence-corrected chi connectivity index (χ1v) is 13.9. The van der Waals surface area contributed by atoms with Crippen LogP contribution >= 0.6 is 0 Å². The van der Waals surface area contributed by atoms with Gasteiger partial charge in [0.2, 0.25) is 0 Å². The van der Waals surface area contributed by atoms with Crippen LogP contribution in [0.15, 0.2) is 0 Å². The Morgan fingerprint density at radius 1 is 0.667 bits per heavy atom. The molecule has 0 amide bonds. The number of hydrogen-bond acceptors (Lipinski definition) is 3. The molecule has 0 aromatic rings. The molecule has 0 heterocycles. The Morgan fingerprint density at radius 3 is 0.722 bits per heavy atom. The van der Waals surface area contributed by atoms with Gasteiger partial charge in [-0.05, 0) is 41.5 Å². The van der Waals surface area contributed by atoms with E-state index in [1.807, 2.05) is 0 Å². The summed E-state index contributed by atoms with van der Waals surface area (Å²) >= 11 is 0.493. The first-order chi connectivity index (χ1) is 7.76. The number of rotatable bonds is 1. The predicted octanol–water partition coefficient (Wildman–Crippen LogP) is 3.11. The van der Waals surface area contributed by atoms with Crippen molar-refractivity contribution in [3.05, 3.63) is 0 Å². The van der Waals surface area contributed by atoms with Crippen LogP contribution in [0, 0.1) is 0 Å². The maximum absolute atomic E-state index is 8.06. The van der Waals surface area contributed by atoms with Crippen LogP contribution in [0.4, 0.5) is 0 Å². The van der Waals surface area contributed by atoms with Crippen LogP contribution in [-0.2, 0) is 18.4 Å². The minimum atomic E-state index is -0.506. The van der Waals surface area contributed by atoms with E-state index < -0.39 is 5.94 Å². The van der Waals surface area contributed by atoms with Crippen molar-refractivity contribution in [1.82, 2.24) is 0 Å². The minimum absolute atomic E-state index is 0.167. The van der Waals surface area contributed by atoms with Crippen molar-refractivity contribution >= 4 is 5.94 Å². The Hall–Kier alpha value is 0.811. The van der Waals surface area contributed by atoms with Gasteiger partial charge in [0, 0.05) is 18.3 Å². The fourth-order valence-corrected chi connectivity index (χ4v) is 0. The summed E-state index contributed by atoms with van der Waals surface area (Å²) in [6, 6.07) is 0. The molecule has 0 saturated heterocycles. The zero-order chi connectivity index (χ0) is 15.9. The second-order valence-corrected chi connectivity index (χ2v) is 20.2. The normalized spacial score (nSPS) is 9.78. The van der Waals surface area contributed by atoms with E-state index in [0.29, 0.717) is 18.4 Å². The summed E-state index contributed by atoms with van der Waals surface area (Å²) in [6.07, 6.45) is -0.500. The van der Waals surface area contributed by atoms with Crippen LogP contribution in [0.25, 0.3) is 0 Å². The van der Waals surface area contributed by atoms with E-state index in [2.05, 4.69) is 24.9 Å². The topological polar surface area (TPSA) is 60.7 Å². The Kier molecular flexibility index (Phi) is 26.9. The summed E-state index contributed by atoms with van der Waals surface area (Å²) in [7, 11) is 0. The van der Waals surface area contributed by atoms with Gasteiger partial charge in [0.25, 0.3) is 0 Å². The molecule has 0 saturated carbocycles. The third-order valence-corrected chi connectivity index (χ3v) is 9.28. The van der Waals surface area contributed by atoms with Gasteiger partial charge in [-0.2, -0.15) is 0 Å². The van der Waals surface area contributed by atoms with Gasteiger partial charge in [0.1, 0.15) is 0 Å². The monoisotopic (exact) mass is 316 g/mol. The van der Waals surface area contributed by atoms with E-state index >= 15 is 0 Å². The van der Waals surface area contributed by atoms with E-state index in [9.17, 15) is 0 Å². The van der Waals surface area contributed by atoms with Crippen LogP contribution in [0.5, 0.6) is 0 Å². The molecule has 0 atom stereocenters. The van der Waals surface area contributed by atoms with Crippen molar-refractivity contribution in [3.63, 3.8) is 0 Å². The van der Waals surface area contributed by atoms with Crippen molar-refractivity contribution in [3.8, 4) is 0 Å². The molecule has 0 aliphatic heterocycles. The van der Waals surface area contributed by atoms with Crippen LogP contribution in [0.2, 0.25) is 24.9 Å². The zero-order valence-corrected chi connectivity index (χ0v) is 16.6. The summed E-state index contributed by atoms with van der Waals surface area (Å²) in [5, 5.41) is 26.6. The SMILES string of the molecule is CC(C)O.CC(C)O.CC(C)O.[CH3][Ti][Si](C)(C)C. The van der Waals surface area contributed by atoms with Gasteiger partial charge in [0.05, 0.1) is 0 Å². The van der Waals surface area contributed by atoms with Crippen LogP contribution in [-0.4, -0.2) is 39.6 Å². The van der Waals surface area contributed by atoms with Gasteiger partial charge in [-0.15, -0.1) is 0 Å². The molecule has 0 radical (unpaired) electrons. The molecular formula is C13H36O3SiTi. The standard InChI is InChI=1S/3C3H8O.C3H9Si.CH3.Ti/c3*1-3(2)4;1-4(2)3;;/h3*3-4H,1-2H3;1-3H3;1H3;. The van der Waals surface area contributed by atoms with Crippen LogP contribution < -0.4 is 0 Å². The van der Waals surface area contributed by atoms with Crippen LogP contribution in [0.1, 0.15) is 41.5 Å². The predicted molar refractivity (Wildman–Crippen MR) is 81.3 cm³/mol. The quantitative estimate of drug-likeness (QED) is 0.651. The van der Waals surface area contributed by atoms with Crippen molar-refractivity contribution < 1.29 is 33.7 Å². The molecule has 114 valence electrons. The van der Waals surface area contributed by atoms with Gasteiger partial charge < -0.3 is 15.3 Å². The molecule has 5 heteroatoms. The molecule has 0 fully saturated rings. The molecule has 0 aromatic heterocycles. The molecule has 0 aromatic carbocycles. The average molecular weight is 316 g/mol. The van der Waals surface area contributed by atoms with Gasteiger partial charge >= 0.3 is 49.2 Å². The first kappa shape index (κ1) is 27.2. The van der Waals surface area contributed by atoms with Gasteiger partial charge in [-0.25, -0.2) is 0 Å². The number of hydrogen-bond donors (Lipinski definition) is 3. The van der Waals surface area contributed by atoms with Crippen molar-refractivity contribution in [2.45, 2.75) is 84.7 Å². The molecule has 0 bridgehead atoms. The van der Waals surface area contributed by atoms with Crippen molar-refractivity contribution in [2.24, 2.45) is 0 Å². The Labute approximate surface area is 124 Å². The van der Waals surface area contributed by atoms with E-state index in [1.54, 1.807) is 41.5 Å². The summed E-state index contributed by atoms with van der Waals surface area (Å²) < 4.78 is 0. The maximum atomic E-state index is 8.06. The Balaban J connectivity index is -0.0000000742. The summed E-state index contributed by atoms with van der Waals surface area (Å²) in [6.45, 7) is 17.6.